The maximum atomic E-state index is 8.60. The summed E-state index contributed by atoms with van der Waals surface area (Å²) in [6.45, 7) is 12.2. The normalized spacial score (nSPS) is 11.7. The van der Waals surface area contributed by atoms with Crippen molar-refractivity contribution in [3.8, 4) is 0 Å². The Morgan fingerprint density at radius 3 is 0.596 bits per heavy atom. The van der Waals surface area contributed by atoms with Crippen LogP contribution in [0.2, 0.25) is 0 Å². The van der Waals surface area contributed by atoms with Gasteiger partial charge in [-0.05, 0) is 6.42 Å². The number of rotatable bonds is 49. The van der Waals surface area contributed by atoms with Gasteiger partial charge in [-0.3, -0.25) is 0 Å². The van der Waals surface area contributed by atoms with E-state index in [2.05, 4.69) is 6.92 Å². The van der Waals surface area contributed by atoms with Crippen LogP contribution in [0.1, 0.15) is 148 Å². The van der Waals surface area contributed by atoms with Gasteiger partial charge in [0.25, 0.3) is 0 Å². The fraction of sp³-hybridized carbons (Fsp3) is 1.00. The van der Waals surface area contributed by atoms with Gasteiger partial charge < -0.3 is 47.7 Å². The van der Waals surface area contributed by atoms with Gasteiger partial charge in [-0.1, -0.05) is 142 Å². The number of hydrogen-bond acceptors (Lipinski definition) is 10. The smallest absolute Gasteiger partial charge is 0.0701 e. The van der Waals surface area contributed by atoms with Gasteiger partial charge in [0, 0.05) is 6.61 Å². The summed E-state index contributed by atoms with van der Waals surface area (Å²) in [4.78, 5) is 0. The first-order valence-corrected chi connectivity index (χ1v) is 21.7. The predicted octanol–water partition coefficient (Wildman–Crippen LogP) is 8.73. The topological polar surface area (TPSA) is 103 Å². The van der Waals surface area contributed by atoms with Crippen LogP contribution in [0.25, 0.3) is 0 Å². The molecule has 0 aliphatic heterocycles. The van der Waals surface area contributed by atoms with E-state index in [4.69, 9.17) is 47.7 Å². The summed E-state index contributed by atoms with van der Waals surface area (Å²) in [5, 5.41) is 8.60. The maximum absolute atomic E-state index is 8.60. The Kier molecular flexibility index (Phi) is 50.2. The Morgan fingerprint density at radius 2 is 0.385 bits per heavy atom. The maximum Gasteiger partial charge on any atom is 0.0701 e. The highest BCUT2D eigenvalue weighted by Crippen LogP contribution is 2.15. The van der Waals surface area contributed by atoms with Gasteiger partial charge in [0.05, 0.1) is 119 Å². The van der Waals surface area contributed by atoms with Crippen LogP contribution < -0.4 is 0 Å². The average Bonchev–Trinajstić information content (AvgIpc) is 3.16. The Morgan fingerprint density at radius 1 is 0.212 bits per heavy atom. The molecular formula is C42H86O10. The molecule has 0 aromatic heterocycles. The molecule has 0 aromatic carbocycles. The molecule has 0 saturated heterocycles. The van der Waals surface area contributed by atoms with Gasteiger partial charge in [-0.25, -0.2) is 0 Å². The molecule has 0 fully saturated rings. The van der Waals surface area contributed by atoms with E-state index >= 15 is 0 Å². The second-order valence-electron chi connectivity index (χ2n) is 13.7. The summed E-state index contributed by atoms with van der Waals surface area (Å²) < 4.78 is 49.2. The minimum Gasteiger partial charge on any atom is -0.394 e. The van der Waals surface area contributed by atoms with Crippen molar-refractivity contribution in [2.45, 2.75) is 148 Å². The number of hydrogen-bond donors (Lipinski definition) is 1. The van der Waals surface area contributed by atoms with Crippen LogP contribution >= 0.6 is 0 Å². The minimum atomic E-state index is 0.0326. The molecule has 0 unspecified atom stereocenters. The summed E-state index contributed by atoms with van der Waals surface area (Å²) >= 11 is 0. The Labute approximate surface area is 321 Å². The highest BCUT2D eigenvalue weighted by molar-refractivity contribution is 4.51. The third-order valence-corrected chi connectivity index (χ3v) is 8.85. The van der Waals surface area contributed by atoms with Crippen molar-refractivity contribution in [2.75, 3.05) is 126 Å². The SMILES string of the molecule is CCCCCCCCCCCCCCCCCCCCCCCCOCCOCCOCCOCCOCCOCCOCCOCCOCCO. The van der Waals surface area contributed by atoms with Crippen LogP contribution in [0.3, 0.4) is 0 Å². The van der Waals surface area contributed by atoms with Crippen LogP contribution in [0, 0.1) is 0 Å². The van der Waals surface area contributed by atoms with E-state index in [9.17, 15) is 0 Å². The molecule has 0 radical (unpaired) electrons. The first kappa shape index (κ1) is 51.6. The van der Waals surface area contributed by atoms with Crippen molar-refractivity contribution in [3.05, 3.63) is 0 Å². The monoisotopic (exact) mass is 751 g/mol. The molecule has 0 saturated carbocycles. The van der Waals surface area contributed by atoms with E-state index in [1.54, 1.807) is 0 Å². The molecule has 0 aliphatic rings. The Hall–Kier alpha value is -0.400. The summed E-state index contributed by atoms with van der Waals surface area (Å²) in [5.74, 6) is 0. The van der Waals surface area contributed by atoms with Crippen LogP contribution in [-0.2, 0) is 42.6 Å². The van der Waals surface area contributed by atoms with Crippen LogP contribution in [0.5, 0.6) is 0 Å². The molecule has 10 nitrogen and oxygen atoms in total. The number of aliphatic hydroxyl groups excluding tert-OH is 1. The van der Waals surface area contributed by atoms with E-state index in [0.29, 0.717) is 112 Å². The van der Waals surface area contributed by atoms with E-state index in [1.807, 2.05) is 0 Å². The lowest BCUT2D eigenvalue weighted by Gasteiger charge is -2.09. The fourth-order valence-corrected chi connectivity index (χ4v) is 5.74. The first-order valence-electron chi connectivity index (χ1n) is 21.7. The van der Waals surface area contributed by atoms with Crippen molar-refractivity contribution in [1.29, 1.82) is 0 Å². The van der Waals surface area contributed by atoms with Gasteiger partial charge in [-0.15, -0.1) is 0 Å². The Bertz CT molecular complexity index is 551. The molecule has 0 rings (SSSR count). The molecule has 0 heterocycles. The minimum absolute atomic E-state index is 0.0326. The van der Waals surface area contributed by atoms with Crippen LogP contribution in [-0.4, -0.2) is 131 Å². The predicted molar refractivity (Wildman–Crippen MR) is 212 cm³/mol. The molecule has 0 bridgehead atoms. The van der Waals surface area contributed by atoms with Gasteiger partial charge >= 0.3 is 0 Å². The second kappa shape index (κ2) is 50.6. The van der Waals surface area contributed by atoms with Crippen molar-refractivity contribution in [3.63, 3.8) is 0 Å². The highest BCUT2D eigenvalue weighted by Gasteiger charge is 1.98. The van der Waals surface area contributed by atoms with Gasteiger partial charge in [-0.2, -0.15) is 0 Å². The molecule has 0 spiro atoms. The van der Waals surface area contributed by atoms with Gasteiger partial charge in [0.1, 0.15) is 0 Å². The van der Waals surface area contributed by atoms with Crippen molar-refractivity contribution < 1.29 is 47.7 Å². The summed E-state index contributed by atoms with van der Waals surface area (Å²) in [5.41, 5.74) is 0. The molecule has 0 aromatic rings. The van der Waals surface area contributed by atoms with Crippen LogP contribution in [0.15, 0.2) is 0 Å². The third kappa shape index (κ3) is 49.6. The standard InChI is InChI=1S/C42H86O10/c1-2-3-4-5-6-7-8-9-10-11-12-13-14-15-16-17-18-19-20-21-22-23-25-44-27-29-46-31-33-48-35-37-50-39-41-52-42-40-51-38-36-49-34-32-47-30-28-45-26-24-43/h43H,2-42H2,1H3. The third-order valence-electron chi connectivity index (χ3n) is 8.85. The Balaban J connectivity index is 3.04. The van der Waals surface area contributed by atoms with Crippen molar-refractivity contribution in [2.24, 2.45) is 0 Å². The number of unbranched alkanes of at least 4 members (excludes halogenated alkanes) is 21. The number of ether oxygens (including phenoxy) is 9. The van der Waals surface area contributed by atoms with E-state index in [1.165, 1.54) is 135 Å². The van der Waals surface area contributed by atoms with E-state index < -0.39 is 0 Å². The lowest BCUT2D eigenvalue weighted by atomic mass is 10.0. The first-order chi connectivity index (χ1) is 25.9. The molecule has 0 aliphatic carbocycles. The molecular weight excluding hydrogens is 664 g/mol. The lowest BCUT2D eigenvalue weighted by molar-refractivity contribution is -0.0255. The molecule has 52 heavy (non-hydrogen) atoms. The summed E-state index contributed by atoms with van der Waals surface area (Å²) in [6.07, 6.45) is 31.1. The highest BCUT2D eigenvalue weighted by atomic mass is 16.6. The zero-order valence-electron chi connectivity index (χ0n) is 34.1. The number of aliphatic hydroxyl groups is 1. The zero-order chi connectivity index (χ0) is 37.4. The largest absolute Gasteiger partial charge is 0.394 e. The van der Waals surface area contributed by atoms with Crippen molar-refractivity contribution >= 4 is 0 Å². The molecule has 1 N–H and O–H groups in total. The lowest BCUT2D eigenvalue weighted by Crippen LogP contribution is -2.15. The van der Waals surface area contributed by atoms with Gasteiger partial charge in [0.2, 0.25) is 0 Å². The van der Waals surface area contributed by atoms with E-state index in [-0.39, 0.29) is 6.61 Å². The van der Waals surface area contributed by atoms with Crippen molar-refractivity contribution in [1.82, 2.24) is 0 Å². The molecule has 314 valence electrons. The van der Waals surface area contributed by atoms with Crippen LogP contribution in [0.4, 0.5) is 0 Å². The zero-order valence-corrected chi connectivity index (χ0v) is 34.1. The molecule has 0 atom stereocenters. The second-order valence-corrected chi connectivity index (χ2v) is 13.7. The fourth-order valence-electron chi connectivity index (χ4n) is 5.74. The molecule has 10 heteroatoms. The summed E-state index contributed by atoms with van der Waals surface area (Å²) in [6, 6.07) is 0. The molecule has 0 amide bonds. The summed E-state index contributed by atoms with van der Waals surface area (Å²) in [7, 11) is 0. The average molecular weight is 751 g/mol. The van der Waals surface area contributed by atoms with Gasteiger partial charge in [0.15, 0.2) is 0 Å². The quantitative estimate of drug-likeness (QED) is 0.0608. The van der Waals surface area contributed by atoms with E-state index in [0.717, 1.165) is 13.0 Å².